The van der Waals surface area contributed by atoms with Crippen molar-refractivity contribution in [1.29, 1.82) is 0 Å². The number of hydrogen-bond donors (Lipinski definition) is 0. The largest absolute Gasteiger partial charge is 0.309 e. The van der Waals surface area contributed by atoms with Crippen molar-refractivity contribution in [3.8, 4) is 73.0 Å². The van der Waals surface area contributed by atoms with Gasteiger partial charge >= 0.3 is 0 Å². The molecule has 0 saturated heterocycles. The molecule has 2 aromatic heterocycles. The standard InChI is InChI=1S/C64H42N4/c1-5-17-41(18-6-1)45-29-34-53-54-35-30-46(42-19-7-2-8-20-42)39-60(54)68(59(53)38-45)48-32-36-52-50-26-14-16-28-56(50)64(58(52)40-48)55-27-15-13-25-49(55)51-33-31-47(37-57(51)64)63-66-61(43-21-9-3-10-22-43)65-62(67-63)44-23-11-4-12-24-44/h1-23,25-40,44H,24H2. The first-order valence-electron chi connectivity index (χ1n) is 23.5. The Kier molecular flexibility index (Phi) is 8.59. The fourth-order valence-electron chi connectivity index (χ4n) is 11.5. The lowest BCUT2D eigenvalue weighted by molar-refractivity contribution is 0.763. The van der Waals surface area contributed by atoms with Crippen LogP contribution in [0, 0.1) is 0 Å². The Balaban J connectivity index is 1.02. The number of benzene rings is 9. The molecule has 2 heterocycles. The molecule has 4 heteroatoms. The average molecular weight is 867 g/mol. The Morgan fingerprint density at radius 2 is 0.882 bits per heavy atom. The van der Waals surface area contributed by atoms with E-state index in [1.165, 1.54) is 88.6 Å². The smallest absolute Gasteiger partial charge is 0.163 e. The zero-order valence-corrected chi connectivity index (χ0v) is 37.1. The molecule has 68 heavy (non-hydrogen) atoms. The highest BCUT2D eigenvalue weighted by Gasteiger charge is 2.52. The van der Waals surface area contributed by atoms with Crippen LogP contribution in [0.15, 0.2) is 237 Å². The van der Waals surface area contributed by atoms with E-state index in [4.69, 9.17) is 15.0 Å². The molecule has 0 bridgehead atoms. The Labute approximate surface area is 394 Å². The van der Waals surface area contributed by atoms with Crippen molar-refractivity contribution >= 4 is 21.8 Å². The number of aromatic nitrogens is 4. The number of rotatable bonds is 6. The Hall–Kier alpha value is -8.73. The quantitative estimate of drug-likeness (QED) is 0.167. The van der Waals surface area contributed by atoms with Gasteiger partial charge in [0.05, 0.1) is 16.4 Å². The van der Waals surface area contributed by atoms with Crippen molar-refractivity contribution in [2.75, 3.05) is 0 Å². The van der Waals surface area contributed by atoms with Crippen molar-refractivity contribution in [3.05, 3.63) is 265 Å². The molecular formula is C64H42N4. The predicted octanol–water partition coefficient (Wildman–Crippen LogP) is 15.6. The van der Waals surface area contributed by atoms with E-state index in [1.807, 2.05) is 18.2 Å². The third kappa shape index (κ3) is 5.77. The van der Waals surface area contributed by atoms with Crippen LogP contribution in [0.4, 0.5) is 0 Å². The summed E-state index contributed by atoms with van der Waals surface area (Å²) < 4.78 is 2.51. The number of fused-ring (bicyclic) bond motifs is 13. The molecule has 0 aliphatic heterocycles. The van der Waals surface area contributed by atoms with Crippen LogP contribution in [0.25, 0.3) is 94.8 Å². The van der Waals surface area contributed by atoms with Gasteiger partial charge in [-0.3, -0.25) is 0 Å². The molecule has 0 amide bonds. The summed E-state index contributed by atoms with van der Waals surface area (Å²) in [6.07, 6.45) is 9.44. The van der Waals surface area contributed by atoms with Crippen LogP contribution < -0.4 is 0 Å². The Bertz CT molecular complexity index is 3770. The van der Waals surface area contributed by atoms with Gasteiger partial charge in [0.15, 0.2) is 11.6 Å². The second kappa shape index (κ2) is 15.2. The van der Waals surface area contributed by atoms with Crippen LogP contribution in [-0.2, 0) is 5.41 Å². The summed E-state index contributed by atoms with van der Waals surface area (Å²) in [6.45, 7) is 0. The molecule has 0 saturated carbocycles. The minimum absolute atomic E-state index is 0.0645. The lowest BCUT2D eigenvalue weighted by Crippen LogP contribution is -2.26. The van der Waals surface area contributed by atoms with Crippen LogP contribution in [0.2, 0.25) is 0 Å². The van der Waals surface area contributed by atoms with Gasteiger partial charge < -0.3 is 4.57 Å². The van der Waals surface area contributed by atoms with E-state index in [2.05, 4.69) is 223 Å². The third-order valence-corrected chi connectivity index (χ3v) is 14.6. The summed E-state index contributed by atoms with van der Waals surface area (Å²) in [7, 11) is 0. The molecule has 9 aromatic carbocycles. The monoisotopic (exact) mass is 866 g/mol. The van der Waals surface area contributed by atoms with Crippen molar-refractivity contribution < 1.29 is 0 Å². The van der Waals surface area contributed by atoms with Crippen LogP contribution >= 0.6 is 0 Å². The summed E-state index contributed by atoms with van der Waals surface area (Å²) in [5.74, 6) is 2.21. The van der Waals surface area contributed by atoms with Crippen LogP contribution in [0.5, 0.6) is 0 Å². The predicted molar refractivity (Wildman–Crippen MR) is 278 cm³/mol. The molecule has 318 valence electrons. The maximum atomic E-state index is 5.28. The molecule has 4 nitrogen and oxygen atoms in total. The highest BCUT2D eigenvalue weighted by atomic mass is 15.0. The fraction of sp³-hybridized carbons (Fsp3) is 0.0469. The van der Waals surface area contributed by atoms with Crippen molar-refractivity contribution in [1.82, 2.24) is 19.5 Å². The van der Waals surface area contributed by atoms with Gasteiger partial charge in [-0.15, -0.1) is 0 Å². The van der Waals surface area contributed by atoms with Crippen LogP contribution in [0.1, 0.15) is 40.4 Å². The minimum atomic E-state index is -0.609. The molecule has 0 fully saturated rings. The van der Waals surface area contributed by atoms with Crippen molar-refractivity contribution in [2.24, 2.45) is 0 Å². The lowest BCUT2D eigenvalue weighted by atomic mass is 9.70. The molecule has 2 unspecified atom stereocenters. The molecule has 14 rings (SSSR count). The molecule has 0 N–H and O–H groups in total. The van der Waals surface area contributed by atoms with E-state index >= 15 is 0 Å². The first kappa shape index (κ1) is 38.5. The second-order valence-electron chi connectivity index (χ2n) is 18.2. The van der Waals surface area contributed by atoms with Gasteiger partial charge in [-0.2, -0.15) is 0 Å². The van der Waals surface area contributed by atoms with E-state index in [-0.39, 0.29) is 5.92 Å². The molecule has 11 aromatic rings. The van der Waals surface area contributed by atoms with Gasteiger partial charge in [-0.25, -0.2) is 15.0 Å². The molecule has 1 spiro atoms. The van der Waals surface area contributed by atoms with Gasteiger partial charge in [0.2, 0.25) is 0 Å². The average Bonchev–Trinajstić information content (AvgIpc) is 4.02. The highest BCUT2D eigenvalue weighted by molar-refractivity contribution is 6.11. The SMILES string of the molecule is C1=CCC(c2nc(-c3ccccc3)nc(-c3ccc4c(c3)C3(c5ccccc5-4)c4ccccc4-c4ccc(-n5c6cc(-c7ccccc7)ccc6c6ccc(-c7ccccc7)cc65)cc43)n2)C=C1. The van der Waals surface area contributed by atoms with Crippen molar-refractivity contribution in [2.45, 2.75) is 17.8 Å². The number of hydrogen-bond acceptors (Lipinski definition) is 3. The van der Waals surface area contributed by atoms with Gasteiger partial charge in [0.1, 0.15) is 5.82 Å². The Morgan fingerprint density at radius 1 is 0.382 bits per heavy atom. The molecule has 3 aliphatic carbocycles. The molecular weight excluding hydrogens is 825 g/mol. The van der Waals surface area contributed by atoms with Gasteiger partial charge in [-0.05, 0) is 104 Å². The summed E-state index contributed by atoms with van der Waals surface area (Å²) in [6, 6.07) is 77.9. The molecule has 0 radical (unpaired) electrons. The third-order valence-electron chi connectivity index (χ3n) is 14.6. The van der Waals surface area contributed by atoms with E-state index in [0.29, 0.717) is 11.6 Å². The summed E-state index contributed by atoms with van der Waals surface area (Å²) >= 11 is 0. The summed E-state index contributed by atoms with van der Waals surface area (Å²) in [5, 5.41) is 2.45. The first-order chi connectivity index (χ1) is 33.7. The topological polar surface area (TPSA) is 43.6 Å². The first-order valence-corrected chi connectivity index (χ1v) is 23.5. The zero-order valence-electron chi connectivity index (χ0n) is 37.1. The number of nitrogens with zero attached hydrogens (tertiary/aromatic N) is 4. The number of allylic oxidation sites excluding steroid dienone is 4. The second-order valence-corrected chi connectivity index (χ2v) is 18.2. The van der Waals surface area contributed by atoms with Gasteiger partial charge in [-0.1, -0.05) is 206 Å². The lowest BCUT2D eigenvalue weighted by Gasteiger charge is -2.31. The maximum Gasteiger partial charge on any atom is 0.163 e. The minimum Gasteiger partial charge on any atom is -0.309 e. The molecule has 2 atom stereocenters. The van der Waals surface area contributed by atoms with E-state index in [1.54, 1.807) is 0 Å². The molecule has 3 aliphatic rings. The normalized spacial score (nSPS) is 16.3. The van der Waals surface area contributed by atoms with E-state index in [9.17, 15) is 0 Å². The van der Waals surface area contributed by atoms with Crippen molar-refractivity contribution in [3.63, 3.8) is 0 Å². The fourth-order valence-corrected chi connectivity index (χ4v) is 11.5. The van der Waals surface area contributed by atoms with Gasteiger partial charge in [0.25, 0.3) is 0 Å². The Morgan fingerprint density at radius 3 is 1.47 bits per heavy atom. The van der Waals surface area contributed by atoms with Crippen LogP contribution in [-0.4, -0.2) is 19.5 Å². The summed E-state index contributed by atoms with van der Waals surface area (Å²) in [5.41, 5.74) is 19.7. The zero-order chi connectivity index (χ0) is 44.8. The van der Waals surface area contributed by atoms with Gasteiger partial charge in [0, 0.05) is 33.5 Å². The van der Waals surface area contributed by atoms with E-state index in [0.717, 1.165) is 29.1 Å². The highest BCUT2D eigenvalue weighted by Crippen LogP contribution is 2.63. The summed E-state index contributed by atoms with van der Waals surface area (Å²) in [4.78, 5) is 15.6. The van der Waals surface area contributed by atoms with Crippen LogP contribution in [0.3, 0.4) is 0 Å². The van der Waals surface area contributed by atoms with E-state index < -0.39 is 5.41 Å². The maximum absolute atomic E-state index is 5.28.